The third-order valence-electron chi connectivity index (χ3n) is 3.37. The highest BCUT2D eigenvalue weighted by Crippen LogP contribution is 2.25. The predicted octanol–water partition coefficient (Wildman–Crippen LogP) is 3.43. The van der Waals surface area contributed by atoms with Crippen LogP contribution in [-0.2, 0) is 14.8 Å². The van der Waals surface area contributed by atoms with E-state index in [1.165, 1.54) is 24.3 Å². The van der Waals surface area contributed by atoms with E-state index in [4.69, 9.17) is 16.3 Å². The van der Waals surface area contributed by atoms with E-state index < -0.39 is 16.1 Å². The molecule has 140 valence electrons. The summed E-state index contributed by atoms with van der Waals surface area (Å²) in [6, 6.07) is 12.4. The smallest absolute Gasteiger partial charge is 0.261 e. The number of nitrogens with one attached hydrogen (secondary N) is 2. The molecule has 2 N–H and O–H groups in total. The molecule has 0 saturated heterocycles. The Morgan fingerprint density at radius 1 is 1.04 bits per heavy atom. The number of anilines is 1. The van der Waals surface area contributed by atoms with Crippen LogP contribution in [0.3, 0.4) is 0 Å². The van der Waals surface area contributed by atoms with Crippen molar-refractivity contribution in [1.82, 2.24) is 5.32 Å². The van der Waals surface area contributed by atoms with Crippen molar-refractivity contribution in [2.24, 2.45) is 0 Å². The first-order valence-electron chi connectivity index (χ1n) is 8.03. The van der Waals surface area contributed by atoms with Crippen molar-refractivity contribution in [2.75, 3.05) is 4.72 Å². The van der Waals surface area contributed by atoms with Gasteiger partial charge in [0.05, 0.1) is 15.6 Å². The molecule has 0 aliphatic heterocycles. The first-order valence-corrected chi connectivity index (χ1v) is 9.89. The lowest BCUT2D eigenvalue weighted by molar-refractivity contribution is -0.127. The summed E-state index contributed by atoms with van der Waals surface area (Å²) < 4.78 is 32.9. The Kier molecular flexibility index (Phi) is 6.50. The third kappa shape index (κ3) is 5.37. The molecule has 26 heavy (non-hydrogen) atoms. The normalized spacial score (nSPS) is 12.5. The number of carbonyl (C=O) groups is 1. The Morgan fingerprint density at radius 2 is 1.65 bits per heavy atom. The first kappa shape index (κ1) is 20.1. The van der Waals surface area contributed by atoms with Gasteiger partial charge in [-0.1, -0.05) is 23.7 Å². The highest BCUT2D eigenvalue weighted by molar-refractivity contribution is 7.92. The zero-order chi connectivity index (χ0) is 19.3. The van der Waals surface area contributed by atoms with E-state index in [1.54, 1.807) is 31.2 Å². The summed E-state index contributed by atoms with van der Waals surface area (Å²) in [5.74, 6) is 0.158. The molecule has 2 rings (SSSR count). The van der Waals surface area contributed by atoms with E-state index in [-0.39, 0.29) is 16.8 Å². The molecule has 1 atom stereocenters. The predicted molar refractivity (Wildman–Crippen MR) is 102 cm³/mol. The van der Waals surface area contributed by atoms with Crippen molar-refractivity contribution in [1.29, 1.82) is 0 Å². The molecule has 0 aliphatic rings. The minimum atomic E-state index is -3.78. The van der Waals surface area contributed by atoms with Gasteiger partial charge in [-0.05, 0) is 57.2 Å². The molecule has 2 aromatic rings. The number of rotatable bonds is 7. The van der Waals surface area contributed by atoms with Crippen LogP contribution in [-0.4, -0.2) is 26.5 Å². The van der Waals surface area contributed by atoms with Crippen LogP contribution in [0.5, 0.6) is 5.75 Å². The zero-order valence-corrected chi connectivity index (χ0v) is 16.3. The van der Waals surface area contributed by atoms with Crippen molar-refractivity contribution in [3.63, 3.8) is 0 Å². The standard InChI is InChI=1S/C18H21ClN2O4S/c1-12(2)20-18(22)13(3)25-14-8-10-15(11-9-14)26(23,24)21-17-7-5-4-6-16(17)19/h4-13,21H,1-3H3,(H,20,22)/t13-/m1/s1. The average Bonchev–Trinajstić information content (AvgIpc) is 2.56. The van der Waals surface area contributed by atoms with Gasteiger partial charge in [0.2, 0.25) is 0 Å². The summed E-state index contributed by atoms with van der Waals surface area (Å²) >= 11 is 5.98. The number of para-hydroxylation sites is 1. The fourth-order valence-corrected chi connectivity index (χ4v) is 3.42. The van der Waals surface area contributed by atoms with Crippen LogP contribution in [0.1, 0.15) is 20.8 Å². The van der Waals surface area contributed by atoms with Crippen molar-refractivity contribution in [3.05, 3.63) is 53.6 Å². The number of hydrogen-bond acceptors (Lipinski definition) is 4. The quantitative estimate of drug-likeness (QED) is 0.750. The molecule has 0 saturated carbocycles. The molecule has 1 amide bonds. The molecular formula is C18H21ClN2O4S. The van der Waals surface area contributed by atoms with Crippen LogP contribution in [0, 0.1) is 0 Å². The van der Waals surface area contributed by atoms with Gasteiger partial charge in [-0.15, -0.1) is 0 Å². The molecule has 0 heterocycles. The van der Waals surface area contributed by atoms with E-state index in [0.29, 0.717) is 16.5 Å². The van der Waals surface area contributed by atoms with E-state index in [9.17, 15) is 13.2 Å². The van der Waals surface area contributed by atoms with Crippen LogP contribution < -0.4 is 14.8 Å². The SMILES string of the molecule is CC(C)NC(=O)[C@@H](C)Oc1ccc(S(=O)(=O)Nc2ccccc2Cl)cc1. The molecule has 0 bridgehead atoms. The molecule has 0 aliphatic carbocycles. The fourth-order valence-electron chi connectivity index (χ4n) is 2.10. The van der Waals surface area contributed by atoms with E-state index in [1.807, 2.05) is 13.8 Å². The van der Waals surface area contributed by atoms with E-state index >= 15 is 0 Å². The highest BCUT2D eigenvalue weighted by Gasteiger charge is 2.18. The summed E-state index contributed by atoms with van der Waals surface area (Å²) in [6.07, 6.45) is -0.693. The van der Waals surface area contributed by atoms with Crippen molar-refractivity contribution in [2.45, 2.75) is 37.8 Å². The molecule has 6 nitrogen and oxygen atoms in total. The summed E-state index contributed by atoms with van der Waals surface area (Å²) in [6.45, 7) is 5.34. The zero-order valence-electron chi connectivity index (χ0n) is 14.7. The second-order valence-corrected chi connectivity index (χ2v) is 8.07. The number of amides is 1. The van der Waals surface area contributed by atoms with Gasteiger partial charge < -0.3 is 10.1 Å². The summed E-state index contributed by atoms with van der Waals surface area (Å²) in [7, 11) is -3.78. The maximum atomic E-state index is 12.4. The Bertz CT molecular complexity index is 867. The van der Waals surface area contributed by atoms with Gasteiger partial charge in [0.15, 0.2) is 6.10 Å². The van der Waals surface area contributed by atoms with Crippen LogP contribution in [0.25, 0.3) is 0 Å². The number of sulfonamides is 1. The maximum Gasteiger partial charge on any atom is 0.261 e. The van der Waals surface area contributed by atoms with Crippen molar-refractivity contribution >= 4 is 33.2 Å². The molecule has 0 fully saturated rings. The molecule has 2 aromatic carbocycles. The Labute approximate surface area is 158 Å². The van der Waals surface area contributed by atoms with E-state index in [2.05, 4.69) is 10.0 Å². The topological polar surface area (TPSA) is 84.5 Å². The minimum absolute atomic E-state index is 0.0111. The molecule has 0 aromatic heterocycles. The Morgan fingerprint density at radius 3 is 2.23 bits per heavy atom. The third-order valence-corrected chi connectivity index (χ3v) is 5.08. The first-order chi connectivity index (χ1) is 12.2. The Hall–Kier alpha value is -2.25. The van der Waals surface area contributed by atoms with Gasteiger partial charge in [0, 0.05) is 6.04 Å². The lowest BCUT2D eigenvalue weighted by atomic mass is 10.3. The lowest BCUT2D eigenvalue weighted by Crippen LogP contribution is -2.40. The van der Waals surface area contributed by atoms with Gasteiger partial charge >= 0.3 is 0 Å². The van der Waals surface area contributed by atoms with Gasteiger partial charge in [-0.25, -0.2) is 8.42 Å². The molecule has 0 radical (unpaired) electrons. The summed E-state index contributed by atoms with van der Waals surface area (Å²) in [5.41, 5.74) is 0.300. The number of halogens is 1. The van der Waals surface area contributed by atoms with Crippen molar-refractivity contribution < 1.29 is 17.9 Å². The summed E-state index contributed by atoms with van der Waals surface area (Å²) in [4.78, 5) is 11.9. The molecular weight excluding hydrogens is 376 g/mol. The molecule has 8 heteroatoms. The van der Waals surface area contributed by atoms with Gasteiger partial charge in [-0.2, -0.15) is 0 Å². The number of carbonyl (C=O) groups excluding carboxylic acids is 1. The fraction of sp³-hybridized carbons (Fsp3) is 0.278. The van der Waals surface area contributed by atoms with Crippen LogP contribution in [0.15, 0.2) is 53.4 Å². The maximum absolute atomic E-state index is 12.4. The van der Waals surface area contributed by atoms with Gasteiger partial charge in [-0.3, -0.25) is 9.52 Å². The average molecular weight is 397 g/mol. The van der Waals surface area contributed by atoms with Crippen LogP contribution in [0.2, 0.25) is 5.02 Å². The largest absolute Gasteiger partial charge is 0.481 e. The van der Waals surface area contributed by atoms with Gasteiger partial charge in [0.25, 0.3) is 15.9 Å². The molecule has 0 spiro atoms. The number of benzene rings is 2. The van der Waals surface area contributed by atoms with Gasteiger partial charge in [0.1, 0.15) is 5.75 Å². The highest BCUT2D eigenvalue weighted by atomic mass is 35.5. The Balaban J connectivity index is 2.08. The van der Waals surface area contributed by atoms with Crippen LogP contribution >= 0.6 is 11.6 Å². The summed E-state index contributed by atoms with van der Waals surface area (Å²) in [5, 5.41) is 3.06. The number of hydrogen-bond donors (Lipinski definition) is 2. The number of ether oxygens (including phenoxy) is 1. The second-order valence-electron chi connectivity index (χ2n) is 5.98. The molecule has 0 unspecified atom stereocenters. The lowest BCUT2D eigenvalue weighted by Gasteiger charge is -2.16. The van der Waals surface area contributed by atoms with E-state index in [0.717, 1.165) is 0 Å². The minimum Gasteiger partial charge on any atom is -0.481 e. The monoisotopic (exact) mass is 396 g/mol. The van der Waals surface area contributed by atoms with Crippen molar-refractivity contribution in [3.8, 4) is 5.75 Å². The second kappa shape index (κ2) is 8.42. The van der Waals surface area contributed by atoms with Crippen LogP contribution in [0.4, 0.5) is 5.69 Å².